The SMILES string of the molecule is COCC(=O)N1CCn2c(Cn3cccn3)cnc2[C@H]1C. The van der Waals surface area contributed by atoms with Crippen molar-refractivity contribution < 1.29 is 9.53 Å². The zero-order chi connectivity index (χ0) is 14.8. The molecule has 0 N–H and O–H groups in total. The van der Waals surface area contributed by atoms with Gasteiger partial charge in [0.25, 0.3) is 0 Å². The molecular weight excluding hydrogens is 270 g/mol. The second-order valence-electron chi connectivity index (χ2n) is 5.16. The van der Waals surface area contributed by atoms with E-state index in [1.807, 2.05) is 35.0 Å². The minimum Gasteiger partial charge on any atom is -0.375 e. The van der Waals surface area contributed by atoms with Gasteiger partial charge in [0.2, 0.25) is 5.91 Å². The summed E-state index contributed by atoms with van der Waals surface area (Å²) in [5, 5.41) is 4.22. The molecule has 0 saturated heterocycles. The average molecular weight is 289 g/mol. The molecule has 112 valence electrons. The van der Waals surface area contributed by atoms with Crippen molar-refractivity contribution in [2.45, 2.75) is 26.1 Å². The highest BCUT2D eigenvalue weighted by atomic mass is 16.5. The molecule has 3 heterocycles. The fraction of sp³-hybridized carbons (Fsp3) is 0.500. The number of aromatic nitrogens is 4. The number of hydrogen-bond acceptors (Lipinski definition) is 4. The summed E-state index contributed by atoms with van der Waals surface area (Å²) < 4.78 is 8.99. The summed E-state index contributed by atoms with van der Waals surface area (Å²) >= 11 is 0. The van der Waals surface area contributed by atoms with Crippen LogP contribution in [-0.4, -0.2) is 50.4 Å². The van der Waals surface area contributed by atoms with Gasteiger partial charge in [0.1, 0.15) is 12.4 Å². The fourth-order valence-corrected chi connectivity index (χ4v) is 2.79. The van der Waals surface area contributed by atoms with Crippen molar-refractivity contribution >= 4 is 5.91 Å². The number of ether oxygens (including phenoxy) is 1. The zero-order valence-electron chi connectivity index (χ0n) is 12.3. The number of carbonyl (C=O) groups excluding carboxylic acids is 1. The predicted molar refractivity (Wildman–Crippen MR) is 75.6 cm³/mol. The maximum Gasteiger partial charge on any atom is 0.249 e. The third-order valence-electron chi connectivity index (χ3n) is 3.85. The van der Waals surface area contributed by atoms with Gasteiger partial charge in [-0.15, -0.1) is 0 Å². The minimum absolute atomic E-state index is 0.00729. The lowest BCUT2D eigenvalue weighted by atomic mass is 10.2. The van der Waals surface area contributed by atoms with E-state index in [0.717, 1.165) is 18.1 Å². The van der Waals surface area contributed by atoms with Crippen molar-refractivity contribution in [2.75, 3.05) is 20.3 Å². The Morgan fingerprint density at radius 2 is 2.33 bits per heavy atom. The van der Waals surface area contributed by atoms with Gasteiger partial charge in [0.15, 0.2) is 0 Å². The second-order valence-corrected chi connectivity index (χ2v) is 5.16. The maximum absolute atomic E-state index is 12.0. The molecule has 1 amide bonds. The van der Waals surface area contributed by atoms with Crippen LogP contribution in [0.2, 0.25) is 0 Å². The molecule has 1 atom stereocenters. The molecule has 7 heteroatoms. The highest BCUT2D eigenvalue weighted by Crippen LogP contribution is 2.25. The topological polar surface area (TPSA) is 65.2 Å². The molecular formula is C14H19N5O2. The van der Waals surface area contributed by atoms with Gasteiger partial charge in [0, 0.05) is 32.6 Å². The second kappa shape index (κ2) is 5.69. The average Bonchev–Trinajstić information content (AvgIpc) is 3.10. The van der Waals surface area contributed by atoms with Crippen LogP contribution in [0.25, 0.3) is 0 Å². The third-order valence-corrected chi connectivity index (χ3v) is 3.85. The van der Waals surface area contributed by atoms with Gasteiger partial charge in [-0.2, -0.15) is 5.10 Å². The summed E-state index contributed by atoms with van der Waals surface area (Å²) in [6.45, 7) is 4.25. The summed E-state index contributed by atoms with van der Waals surface area (Å²) in [6.07, 6.45) is 5.57. The molecule has 0 aromatic carbocycles. The number of rotatable bonds is 4. The Balaban J connectivity index is 1.80. The van der Waals surface area contributed by atoms with E-state index in [9.17, 15) is 4.79 Å². The third kappa shape index (κ3) is 2.56. The van der Waals surface area contributed by atoms with Crippen LogP contribution < -0.4 is 0 Å². The molecule has 2 aromatic rings. The standard InChI is InChI=1S/C14H19N5O2/c1-11-14-15-8-12(9-17-5-3-4-16-17)19(14)7-6-18(11)13(20)10-21-2/h3-5,8,11H,6-7,9-10H2,1-2H3/t11-/m1/s1. The largest absolute Gasteiger partial charge is 0.375 e. The monoisotopic (exact) mass is 289 g/mol. The van der Waals surface area contributed by atoms with E-state index < -0.39 is 0 Å². The molecule has 0 spiro atoms. The number of carbonyl (C=O) groups is 1. The summed E-state index contributed by atoms with van der Waals surface area (Å²) in [7, 11) is 1.54. The molecule has 2 aromatic heterocycles. The number of amides is 1. The van der Waals surface area contributed by atoms with Gasteiger partial charge in [-0.05, 0) is 13.0 Å². The van der Waals surface area contributed by atoms with Gasteiger partial charge < -0.3 is 14.2 Å². The quantitative estimate of drug-likeness (QED) is 0.830. The van der Waals surface area contributed by atoms with Crippen molar-refractivity contribution in [3.05, 3.63) is 36.2 Å². The van der Waals surface area contributed by atoms with Crippen LogP contribution in [0.4, 0.5) is 0 Å². The van der Waals surface area contributed by atoms with Gasteiger partial charge in [-0.1, -0.05) is 0 Å². The highest BCUT2D eigenvalue weighted by Gasteiger charge is 2.30. The number of nitrogens with zero attached hydrogens (tertiary/aromatic N) is 5. The van der Waals surface area contributed by atoms with Crippen molar-refractivity contribution in [1.82, 2.24) is 24.2 Å². The summed E-state index contributed by atoms with van der Waals surface area (Å²) in [4.78, 5) is 18.4. The summed E-state index contributed by atoms with van der Waals surface area (Å²) in [6, 6.07) is 1.87. The molecule has 7 nitrogen and oxygen atoms in total. The molecule has 0 fully saturated rings. The first-order valence-electron chi connectivity index (χ1n) is 7.01. The number of fused-ring (bicyclic) bond motifs is 1. The van der Waals surface area contributed by atoms with Crippen LogP contribution in [0.3, 0.4) is 0 Å². The van der Waals surface area contributed by atoms with E-state index >= 15 is 0 Å². The molecule has 0 saturated carbocycles. The number of hydrogen-bond donors (Lipinski definition) is 0. The summed E-state index contributed by atoms with van der Waals surface area (Å²) in [5.41, 5.74) is 1.11. The van der Waals surface area contributed by atoms with E-state index in [1.54, 1.807) is 6.20 Å². The molecule has 1 aliphatic rings. The Labute approximate surface area is 123 Å². The van der Waals surface area contributed by atoms with Crippen LogP contribution >= 0.6 is 0 Å². The van der Waals surface area contributed by atoms with Gasteiger partial charge in [-0.25, -0.2) is 4.98 Å². The van der Waals surface area contributed by atoms with Gasteiger partial charge >= 0.3 is 0 Å². The normalized spacial score (nSPS) is 17.8. The van der Waals surface area contributed by atoms with Crippen molar-refractivity contribution in [1.29, 1.82) is 0 Å². The molecule has 0 aliphatic carbocycles. The molecule has 0 unspecified atom stereocenters. The Morgan fingerprint density at radius 1 is 1.48 bits per heavy atom. The number of imidazole rings is 1. The Kier molecular flexibility index (Phi) is 3.74. The first-order chi connectivity index (χ1) is 10.2. The van der Waals surface area contributed by atoms with Gasteiger partial charge in [-0.3, -0.25) is 9.48 Å². The van der Waals surface area contributed by atoms with E-state index in [-0.39, 0.29) is 18.6 Å². The van der Waals surface area contributed by atoms with Gasteiger partial charge in [0.05, 0.1) is 24.5 Å². The minimum atomic E-state index is -0.0345. The van der Waals surface area contributed by atoms with Crippen LogP contribution in [0.15, 0.2) is 24.7 Å². The molecule has 0 bridgehead atoms. The van der Waals surface area contributed by atoms with Crippen LogP contribution in [0, 0.1) is 0 Å². The Morgan fingerprint density at radius 3 is 3.05 bits per heavy atom. The molecule has 0 radical (unpaired) electrons. The van der Waals surface area contributed by atoms with Crippen LogP contribution in [-0.2, 0) is 22.6 Å². The lowest BCUT2D eigenvalue weighted by Gasteiger charge is -2.34. The van der Waals surface area contributed by atoms with E-state index in [1.165, 1.54) is 7.11 Å². The maximum atomic E-state index is 12.0. The fourth-order valence-electron chi connectivity index (χ4n) is 2.79. The van der Waals surface area contributed by atoms with Crippen LogP contribution in [0.5, 0.6) is 0 Å². The first-order valence-corrected chi connectivity index (χ1v) is 7.01. The van der Waals surface area contributed by atoms with E-state index in [4.69, 9.17) is 4.74 Å². The van der Waals surface area contributed by atoms with Crippen molar-refractivity contribution in [2.24, 2.45) is 0 Å². The Bertz CT molecular complexity index is 619. The lowest BCUT2D eigenvalue weighted by Crippen LogP contribution is -2.43. The molecule has 1 aliphatic heterocycles. The van der Waals surface area contributed by atoms with E-state index in [0.29, 0.717) is 13.1 Å². The smallest absolute Gasteiger partial charge is 0.249 e. The first kappa shape index (κ1) is 13.8. The predicted octanol–water partition coefficient (Wildman–Crippen LogP) is 0.677. The van der Waals surface area contributed by atoms with Crippen LogP contribution in [0.1, 0.15) is 24.5 Å². The lowest BCUT2D eigenvalue weighted by molar-refractivity contribution is -0.138. The Hall–Kier alpha value is -2.15. The zero-order valence-corrected chi connectivity index (χ0v) is 12.3. The highest BCUT2D eigenvalue weighted by molar-refractivity contribution is 5.78. The van der Waals surface area contributed by atoms with Crippen molar-refractivity contribution in [3.8, 4) is 0 Å². The summed E-state index contributed by atoms with van der Waals surface area (Å²) in [5.74, 6) is 0.931. The molecule has 3 rings (SSSR count). The molecule has 21 heavy (non-hydrogen) atoms. The number of methoxy groups -OCH3 is 1. The van der Waals surface area contributed by atoms with Crippen molar-refractivity contribution in [3.63, 3.8) is 0 Å². The van der Waals surface area contributed by atoms with E-state index in [2.05, 4.69) is 14.6 Å².